The van der Waals surface area contributed by atoms with Crippen molar-refractivity contribution < 1.29 is 18.4 Å². The number of nitrogens with one attached hydrogen (secondary N) is 3. The number of anilines is 1. The number of carbonyl (C=O) groups excluding carboxylic acids is 2. The fourth-order valence-electron chi connectivity index (χ4n) is 1.59. The first-order chi connectivity index (χ1) is 10.2. The number of urea groups is 1. The monoisotopic (exact) mass is 350 g/mol. The molecule has 0 spiro atoms. The third-order valence-corrected chi connectivity index (χ3v) is 2.65. The molecule has 0 bridgehead atoms. The van der Waals surface area contributed by atoms with Crippen LogP contribution in [-0.2, 0) is 0 Å². The van der Waals surface area contributed by atoms with E-state index in [2.05, 4.69) is 16.0 Å². The fraction of sp³-hybridized carbons (Fsp3) is 0.429. The molecule has 0 aliphatic carbocycles. The number of carbonyl (C=O) groups is 2. The van der Waals surface area contributed by atoms with Gasteiger partial charge in [0, 0.05) is 6.04 Å². The van der Waals surface area contributed by atoms with Gasteiger partial charge in [-0.05, 0) is 26.0 Å². The van der Waals surface area contributed by atoms with Gasteiger partial charge in [0.1, 0.15) is 0 Å². The summed E-state index contributed by atoms with van der Waals surface area (Å²) in [5, 5.41) is 7.22. The van der Waals surface area contributed by atoms with Crippen molar-refractivity contribution in [2.24, 2.45) is 5.73 Å². The Morgan fingerprint density at radius 2 is 1.87 bits per heavy atom. The van der Waals surface area contributed by atoms with Crippen molar-refractivity contribution in [3.8, 4) is 0 Å². The van der Waals surface area contributed by atoms with Crippen molar-refractivity contribution in [1.82, 2.24) is 10.6 Å². The first-order valence-electron chi connectivity index (χ1n) is 6.78. The topological polar surface area (TPSA) is 96.2 Å². The number of hydrogen-bond donors (Lipinski definition) is 4. The van der Waals surface area contributed by atoms with E-state index >= 15 is 0 Å². The number of benzene rings is 1. The van der Waals surface area contributed by atoms with E-state index < -0.39 is 31.0 Å². The van der Waals surface area contributed by atoms with Crippen LogP contribution in [0.5, 0.6) is 0 Å². The number of halogens is 3. The molecular formula is C14H21ClF2N4O2. The molecule has 0 saturated carbocycles. The Balaban J connectivity index is 0.00000484. The van der Waals surface area contributed by atoms with E-state index in [1.807, 2.05) is 0 Å². The molecule has 0 fully saturated rings. The maximum absolute atomic E-state index is 13.1. The summed E-state index contributed by atoms with van der Waals surface area (Å²) in [5.74, 6) is -3.89. The summed E-state index contributed by atoms with van der Waals surface area (Å²) in [5.41, 5.74) is 5.23. The van der Waals surface area contributed by atoms with E-state index in [1.165, 1.54) is 12.1 Å². The minimum absolute atomic E-state index is 0. The fourth-order valence-corrected chi connectivity index (χ4v) is 1.59. The highest BCUT2D eigenvalue weighted by atomic mass is 35.5. The zero-order valence-corrected chi connectivity index (χ0v) is 13.7. The van der Waals surface area contributed by atoms with Gasteiger partial charge in [-0.1, -0.05) is 12.1 Å². The Morgan fingerprint density at radius 3 is 2.43 bits per heavy atom. The van der Waals surface area contributed by atoms with Crippen LogP contribution in [0.25, 0.3) is 0 Å². The summed E-state index contributed by atoms with van der Waals surface area (Å²) in [7, 11) is 0. The SMILES string of the molecule is CC(C)NC(=O)Nc1ccccc1C(=O)NCC(F)(F)CN.Cl. The average Bonchev–Trinajstić information content (AvgIpc) is 2.44. The molecule has 1 aromatic rings. The number of nitrogens with two attached hydrogens (primary N) is 1. The normalized spacial score (nSPS) is 10.7. The van der Waals surface area contributed by atoms with Gasteiger partial charge >= 0.3 is 6.03 Å². The highest BCUT2D eigenvalue weighted by Crippen LogP contribution is 2.16. The molecule has 23 heavy (non-hydrogen) atoms. The smallest absolute Gasteiger partial charge is 0.319 e. The van der Waals surface area contributed by atoms with Crippen LogP contribution in [-0.4, -0.2) is 37.0 Å². The molecule has 0 aliphatic rings. The van der Waals surface area contributed by atoms with Crippen molar-refractivity contribution >= 4 is 30.0 Å². The lowest BCUT2D eigenvalue weighted by Crippen LogP contribution is -2.41. The van der Waals surface area contributed by atoms with Crippen LogP contribution in [0.4, 0.5) is 19.3 Å². The number of para-hydroxylation sites is 1. The van der Waals surface area contributed by atoms with Crippen LogP contribution >= 0.6 is 12.4 Å². The van der Waals surface area contributed by atoms with E-state index in [-0.39, 0.29) is 29.7 Å². The third kappa shape index (κ3) is 7.25. The molecular weight excluding hydrogens is 330 g/mol. The minimum Gasteiger partial charge on any atom is -0.346 e. The van der Waals surface area contributed by atoms with Crippen molar-refractivity contribution in [1.29, 1.82) is 0 Å². The molecule has 0 saturated heterocycles. The molecule has 9 heteroatoms. The molecule has 0 atom stereocenters. The van der Waals surface area contributed by atoms with Gasteiger partial charge < -0.3 is 21.7 Å². The molecule has 0 unspecified atom stereocenters. The number of amides is 3. The van der Waals surface area contributed by atoms with Crippen LogP contribution in [0.3, 0.4) is 0 Å². The Bertz CT molecular complexity index is 541. The predicted octanol–water partition coefficient (Wildman–Crippen LogP) is 1.96. The molecule has 6 nitrogen and oxygen atoms in total. The molecule has 3 amide bonds. The highest BCUT2D eigenvalue weighted by Gasteiger charge is 2.27. The second kappa shape index (κ2) is 9.26. The first kappa shape index (κ1) is 21.1. The largest absolute Gasteiger partial charge is 0.346 e. The van der Waals surface area contributed by atoms with Crippen LogP contribution in [0, 0.1) is 0 Å². The third-order valence-electron chi connectivity index (χ3n) is 2.65. The highest BCUT2D eigenvalue weighted by molar-refractivity contribution is 6.03. The average molecular weight is 351 g/mol. The Hall–Kier alpha value is -1.93. The standard InChI is InChI=1S/C14H20F2N4O2.ClH/c1-9(2)19-13(22)20-11-6-4-3-5-10(11)12(21)18-8-14(15,16)7-17;/h3-6,9H,7-8,17H2,1-2H3,(H,18,21)(H2,19,20,22);1H. The molecule has 0 heterocycles. The first-order valence-corrected chi connectivity index (χ1v) is 6.78. The summed E-state index contributed by atoms with van der Waals surface area (Å²) in [6.45, 7) is 1.85. The van der Waals surface area contributed by atoms with Gasteiger partial charge in [0.25, 0.3) is 11.8 Å². The van der Waals surface area contributed by atoms with Gasteiger partial charge in [-0.3, -0.25) is 4.79 Å². The van der Waals surface area contributed by atoms with E-state index in [1.54, 1.807) is 26.0 Å². The molecule has 0 aliphatic heterocycles. The van der Waals surface area contributed by atoms with Gasteiger partial charge in [-0.2, -0.15) is 0 Å². The van der Waals surface area contributed by atoms with Crippen molar-refractivity contribution in [2.45, 2.75) is 25.8 Å². The minimum atomic E-state index is -3.17. The zero-order chi connectivity index (χ0) is 16.8. The summed E-state index contributed by atoms with van der Waals surface area (Å²) < 4.78 is 26.1. The maximum Gasteiger partial charge on any atom is 0.319 e. The molecule has 0 aromatic heterocycles. The Labute approximate surface area is 139 Å². The molecule has 1 rings (SSSR count). The van der Waals surface area contributed by atoms with E-state index in [0.29, 0.717) is 0 Å². The summed E-state index contributed by atoms with van der Waals surface area (Å²) in [6, 6.07) is 5.57. The van der Waals surface area contributed by atoms with Crippen LogP contribution in [0.2, 0.25) is 0 Å². The van der Waals surface area contributed by atoms with Crippen molar-refractivity contribution in [2.75, 3.05) is 18.4 Å². The number of hydrogen-bond acceptors (Lipinski definition) is 3. The lowest BCUT2D eigenvalue weighted by molar-refractivity contribution is 0.0119. The Kier molecular flexibility index (Phi) is 8.49. The lowest BCUT2D eigenvalue weighted by Gasteiger charge is -2.16. The van der Waals surface area contributed by atoms with E-state index in [4.69, 9.17) is 5.73 Å². The quantitative estimate of drug-likeness (QED) is 0.631. The van der Waals surface area contributed by atoms with Crippen molar-refractivity contribution in [3.05, 3.63) is 29.8 Å². The summed E-state index contributed by atoms with van der Waals surface area (Å²) >= 11 is 0. The molecule has 130 valence electrons. The molecule has 1 aromatic carbocycles. The van der Waals surface area contributed by atoms with Gasteiger partial charge in [-0.15, -0.1) is 12.4 Å². The zero-order valence-electron chi connectivity index (χ0n) is 12.9. The van der Waals surface area contributed by atoms with Crippen molar-refractivity contribution in [3.63, 3.8) is 0 Å². The number of alkyl halides is 2. The summed E-state index contributed by atoms with van der Waals surface area (Å²) in [4.78, 5) is 23.6. The molecule has 5 N–H and O–H groups in total. The lowest BCUT2D eigenvalue weighted by atomic mass is 10.1. The molecule has 0 radical (unpaired) electrons. The maximum atomic E-state index is 13.1. The van der Waals surface area contributed by atoms with Crippen LogP contribution < -0.4 is 21.7 Å². The second-order valence-electron chi connectivity index (χ2n) is 5.04. The van der Waals surface area contributed by atoms with Gasteiger partial charge in [0.05, 0.1) is 24.3 Å². The Morgan fingerprint density at radius 1 is 1.26 bits per heavy atom. The second-order valence-corrected chi connectivity index (χ2v) is 5.04. The number of rotatable bonds is 6. The van der Waals surface area contributed by atoms with Gasteiger partial charge in [0.2, 0.25) is 0 Å². The van der Waals surface area contributed by atoms with Crippen LogP contribution in [0.15, 0.2) is 24.3 Å². The van der Waals surface area contributed by atoms with E-state index in [0.717, 1.165) is 0 Å². The predicted molar refractivity (Wildman–Crippen MR) is 87.3 cm³/mol. The van der Waals surface area contributed by atoms with Gasteiger partial charge in [-0.25, -0.2) is 13.6 Å². The van der Waals surface area contributed by atoms with E-state index in [9.17, 15) is 18.4 Å². The summed E-state index contributed by atoms with van der Waals surface area (Å²) in [6.07, 6.45) is 0. The van der Waals surface area contributed by atoms with Crippen LogP contribution in [0.1, 0.15) is 24.2 Å². The van der Waals surface area contributed by atoms with Gasteiger partial charge in [0.15, 0.2) is 0 Å².